The number of carbonyl (C=O) groups excluding carboxylic acids is 7. The molecule has 1 aliphatic rings. The fourth-order valence-corrected chi connectivity index (χ4v) is 8.37. The van der Waals surface area contributed by atoms with Gasteiger partial charge < -0.3 is 42.0 Å². The van der Waals surface area contributed by atoms with Gasteiger partial charge in [-0.3, -0.25) is 38.1 Å². The Kier molecular flexibility index (Phi) is 16.7. The maximum Gasteiger partial charge on any atom is 0.246 e. The normalized spacial score (nSPS) is 16.8. The number of carbonyl (C=O) groups is 7. The van der Waals surface area contributed by atoms with E-state index in [9.17, 15) is 38.7 Å². The molecule has 3 heterocycles. The Bertz CT molecular complexity index is 2210. The minimum Gasteiger partial charge on any atom is -0.391 e. The summed E-state index contributed by atoms with van der Waals surface area (Å²) in [7, 11) is 0. The maximum atomic E-state index is 14.4. The number of aliphatic hydroxyl groups is 1. The Labute approximate surface area is 367 Å². The second kappa shape index (κ2) is 22.1. The molecule has 2 aromatic heterocycles. The summed E-state index contributed by atoms with van der Waals surface area (Å²) >= 11 is 0. The highest BCUT2D eigenvalue weighted by Gasteiger charge is 2.40. The van der Waals surface area contributed by atoms with Crippen LogP contribution >= 0.6 is 0 Å². The number of aromatic nitrogens is 3. The molecular weight excluding hydrogens is 807 g/mol. The van der Waals surface area contributed by atoms with Gasteiger partial charge in [-0.05, 0) is 54.7 Å². The number of hydrogen-bond acceptors (Lipinski definition) is 9. The van der Waals surface area contributed by atoms with Gasteiger partial charge in [0, 0.05) is 62.1 Å². The molecule has 0 spiro atoms. The number of nitrogens with one attached hydrogen (secondary N) is 5. The quantitative estimate of drug-likeness (QED) is 0.0570. The molecule has 17 heteroatoms. The molecule has 5 rings (SSSR count). The van der Waals surface area contributed by atoms with Gasteiger partial charge in [-0.2, -0.15) is 0 Å². The Morgan fingerprint density at radius 1 is 0.873 bits per heavy atom. The summed E-state index contributed by atoms with van der Waals surface area (Å²) < 4.78 is 1.41. The van der Waals surface area contributed by atoms with E-state index in [1.807, 2.05) is 45.9 Å². The lowest BCUT2D eigenvalue weighted by Crippen LogP contribution is -2.59. The van der Waals surface area contributed by atoms with Crippen molar-refractivity contribution in [3.63, 3.8) is 0 Å². The first-order chi connectivity index (χ1) is 30.1. The number of nitrogens with zero attached hydrogens (tertiary/aromatic N) is 3. The largest absolute Gasteiger partial charge is 0.391 e. The van der Waals surface area contributed by atoms with Crippen LogP contribution in [0, 0.1) is 17.8 Å². The summed E-state index contributed by atoms with van der Waals surface area (Å²) in [6.45, 7) is 9.08. The Balaban J connectivity index is 1.38. The minimum absolute atomic E-state index is 0.00899. The molecule has 7 atom stereocenters. The van der Waals surface area contributed by atoms with E-state index in [1.165, 1.54) is 28.9 Å². The molecule has 0 bridgehead atoms. The van der Waals surface area contributed by atoms with E-state index < -0.39 is 77.7 Å². The number of hydrogen-bond donors (Lipinski definition) is 7. The van der Waals surface area contributed by atoms with Crippen molar-refractivity contribution in [1.82, 2.24) is 40.7 Å². The third-order valence-corrected chi connectivity index (χ3v) is 11.6. The second-order valence-corrected chi connectivity index (χ2v) is 17.2. The third kappa shape index (κ3) is 12.8. The van der Waals surface area contributed by atoms with Gasteiger partial charge in [-0.25, -0.2) is 4.98 Å². The van der Waals surface area contributed by atoms with Crippen LogP contribution in [0.5, 0.6) is 0 Å². The van der Waals surface area contributed by atoms with Gasteiger partial charge in [0.2, 0.25) is 41.9 Å². The molecule has 1 aliphatic heterocycles. The summed E-state index contributed by atoms with van der Waals surface area (Å²) in [6, 6.07) is 11.0. The fourth-order valence-electron chi connectivity index (χ4n) is 8.37. The highest BCUT2D eigenvalue weighted by molar-refractivity contribution is 5.96. The number of likely N-dealkylation sites (tertiary alicyclic amines) is 1. The zero-order valence-corrected chi connectivity index (χ0v) is 36.6. The van der Waals surface area contributed by atoms with Gasteiger partial charge in [0.1, 0.15) is 24.2 Å². The first-order valence-corrected chi connectivity index (χ1v) is 21.6. The molecule has 0 saturated carbocycles. The third-order valence-electron chi connectivity index (χ3n) is 11.6. The molecule has 1 unspecified atom stereocenters. The summed E-state index contributed by atoms with van der Waals surface area (Å²) in [6.07, 6.45) is 5.42. The van der Waals surface area contributed by atoms with E-state index in [0.29, 0.717) is 42.4 Å². The van der Waals surface area contributed by atoms with Crippen molar-refractivity contribution < 1.29 is 38.7 Å². The number of primary amides is 1. The average Bonchev–Trinajstić information content (AvgIpc) is 4.02. The Hall–Kier alpha value is -6.36. The molecule has 1 saturated heterocycles. The molecule has 0 radical (unpaired) electrons. The summed E-state index contributed by atoms with van der Waals surface area (Å²) in [5.74, 6) is -4.06. The molecule has 1 fully saturated rings. The summed E-state index contributed by atoms with van der Waals surface area (Å²) in [5, 5.41) is 23.5. The monoisotopic (exact) mass is 867 g/mol. The van der Waals surface area contributed by atoms with Crippen LogP contribution in [-0.4, -0.2) is 109 Å². The number of rotatable bonds is 22. The van der Waals surface area contributed by atoms with E-state index in [2.05, 4.69) is 31.2 Å². The van der Waals surface area contributed by atoms with Crippen LogP contribution in [0.3, 0.4) is 0 Å². The zero-order valence-electron chi connectivity index (χ0n) is 36.6. The number of aliphatic hydroxyl groups excluding tert-OH is 1. The number of amides is 6. The van der Waals surface area contributed by atoms with Gasteiger partial charge in [0.25, 0.3) is 0 Å². The molecule has 6 amide bonds. The van der Waals surface area contributed by atoms with Gasteiger partial charge >= 0.3 is 0 Å². The van der Waals surface area contributed by atoms with Crippen molar-refractivity contribution in [2.75, 3.05) is 6.54 Å². The first-order valence-electron chi connectivity index (χ1n) is 21.6. The van der Waals surface area contributed by atoms with Crippen LogP contribution in [0.2, 0.25) is 0 Å². The Morgan fingerprint density at radius 2 is 1.56 bits per heavy atom. The van der Waals surface area contributed by atoms with Crippen molar-refractivity contribution in [3.8, 4) is 0 Å². The van der Waals surface area contributed by atoms with E-state index in [1.54, 1.807) is 42.6 Å². The lowest BCUT2D eigenvalue weighted by molar-refractivity contribution is -0.142. The molecule has 63 heavy (non-hydrogen) atoms. The van der Waals surface area contributed by atoms with Crippen LogP contribution in [0.1, 0.15) is 77.1 Å². The Morgan fingerprint density at radius 3 is 2.19 bits per heavy atom. The summed E-state index contributed by atoms with van der Waals surface area (Å²) in [5.41, 5.74) is 8.23. The van der Waals surface area contributed by atoms with Crippen molar-refractivity contribution in [1.29, 1.82) is 0 Å². The number of nitrogens with two attached hydrogens (primary N) is 1. The first kappa shape index (κ1) is 47.7. The molecule has 4 aromatic rings. The predicted molar refractivity (Wildman–Crippen MR) is 236 cm³/mol. The van der Waals surface area contributed by atoms with Crippen LogP contribution in [0.25, 0.3) is 10.9 Å². The average molecular weight is 868 g/mol. The lowest BCUT2D eigenvalue weighted by atomic mass is 9.85. The number of imidazole rings is 1. The van der Waals surface area contributed by atoms with E-state index in [-0.39, 0.29) is 44.1 Å². The highest BCUT2D eigenvalue weighted by Crippen LogP contribution is 2.25. The van der Waals surface area contributed by atoms with Crippen LogP contribution in [-0.2, 0) is 52.8 Å². The summed E-state index contributed by atoms with van der Waals surface area (Å²) in [4.78, 5) is 102. The van der Waals surface area contributed by atoms with Crippen molar-refractivity contribution >= 4 is 52.8 Å². The predicted octanol–water partition coefficient (Wildman–Crippen LogP) is 1.94. The second-order valence-electron chi connectivity index (χ2n) is 17.2. The van der Waals surface area contributed by atoms with Crippen molar-refractivity contribution in [2.24, 2.45) is 23.5 Å². The maximum absolute atomic E-state index is 14.4. The topological polar surface area (TPSA) is 251 Å². The van der Waals surface area contributed by atoms with E-state index in [4.69, 9.17) is 5.73 Å². The van der Waals surface area contributed by atoms with Gasteiger partial charge in [-0.15, -0.1) is 0 Å². The number of benzene rings is 2. The molecular formula is C46H61N9O8. The number of H-pyrrole nitrogens is 1. The molecule has 2 aromatic carbocycles. The minimum atomic E-state index is -1.20. The molecule has 8 N–H and O–H groups in total. The number of aromatic amines is 1. The van der Waals surface area contributed by atoms with Crippen LogP contribution in [0.15, 0.2) is 73.3 Å². The highest BCUT2D eigenvalue weighted by atomic mass is 16.3. The number of para-hydroxylation sites is 1. The lowest BCUT2D eigenvalue weighted by Gasteiger charge is -2.31. The van der Waals surface area contributed by atoms with Crippen molar-refractivity contribution in [3.05, 3.63) is 90.1 Å². The zero-order chi connectivity index (χ0) is 45.8. The van der Waals surface area contributed by atoms with Gasteiger partial charge in [0.15, 0.2) is 0 Å². The SMILES string of the molecule is CC(=O)N[C@@H](Cc1cn(C=O)c2ccccc12)C(=O)N1CCC[C@H]1C(=O)N[C@@H](Cc1ccccc1)C(=O)N[C@@H](Cc1cnc[nH]1)C(=O)N[C@@H](CC(C)C)C(O)C[C@H](C(N)=O)C(C)C. The molecule has 0 aliphatic carbocycles. The van der Waals surface area contributed by atoms with Crippen LogP contribution < -0.4 is 27.0 Å². The van der Waals surface area contributed by atoms with Crippen LogP contribution in [0.4, 0.5) is 0 Å². The molecule has 17 nitrogen and oxygen atoms in total. The fraction of sp³-hybridized carbons (Fsp3) is 0.478. The van der Waals surface area contributed by atoms with E-state index in [0.717, 1.165) is 10.9 Å². The standard InChI is InChI=1S/C46H61N9O8/c1-27(2)18-35(41(58)22-34(28(3)4)42(47)59)51-44(61)37(21-32-23-48-25-49-32)52-43(60)36(19-30-12-7-6-8-13-30)53-45(62)40-16-11-17-55(40)46(63)38(50-29(5)57)20-31-24-54(26-56)39-15-10-9-14-33(31)39/h6-10,12-15,23-28,34-38,40-41,58H,11,16-22H2,1-5H3,(H2,47,59)(H,48,49)(H,50,57)(H,51,61)(H,52,60)(H,53,62)/t34-,35-,36-,37-,38-,40-,41?/m0/s1. The number of fused-ring (bicyclic) bond motifs is 1. The van der Waals surface area contributed by atoms with Gasteiger partial charge in [-0.1, -0.05) is 76.2 Å². The molecule has 338 valence electrons. The smallest absolute Gasteiger partial charge is 0.246 e. The van der Waals surface area contributed by atoms with Crippen molar-refractivity contribution in [2.45, 2.75) is 116 Å². The van der Waals surface area contributed by atoms with E-state index >= 15 is 0 Å². The van der Waals surface area contributed by atoms with Gasteiger partial charge in [0.05, 0.1) is 24.0 Å².